The van der Waals surface area contributed by atoms with E-state index in [9.17, 15) is 35.4 Å². The first-order valence-electron chi connectivity index (χ1n) is 14.3. The van der Waals surface area contributed by atoms with Crippen molar-refractivity contribution in [2.75, 3.05) is 39.9 Å². The van der Waals surface area contributed by atoms with Crippen LogP contribution in [0.15, 0.2) is 0 Å². The van der Waals surface area contributed by atoms with Gasteiger partial charge < -0.3 is 82.1 Å². The number of rotatable bonds is 13. The van der Waals surface area contributed by atoms with Crippen LogP contribution in [-0.2, 0) is 23.7 Å². The second-order valence-corrected chi connectivity index (χ2v) is 11.5. The Kier molecular flexibility index (Phi) is 13.2. The lowest BCUT2D eigenvalue weighted by Crippen LogP contribution is -2.69. The number of nitrogens with two attached hydrogens (primary N) is 2. The highest BCUT2D eigenvalue weighted by molar-refractivity contribution is 5.81. The van der Waals surface area contributed by atoms with Crippen molar-refractivity contribution in [1.29, 1.82) is 0 Å². The molecule has 42 heavy (non-hydrogen) atoms. The van der Waals surface area contributed by atoms with Gasteiger partial charge in [-0.1, -0.05) is 0 Å². The zero-order chi connectivity index (χ0) is 31.2. The van der Waals surface area contributed by atoms with Crippen molar-refractivity contribution in [3.63, 3.8) is 0 Å². The van der Waals surface area contributed by atoms with Crippen LogP contribution in [-0.4, -0.2) is 167 Å². The normalized spacial score (nSPS) is 42.6. The van der Waals surface area contributed by atoms with Gasteiger partial charge >= 0.3 is 0 Å². The Morgan fingerprint density at radius 1 is 1.12 bits per heavy atom. The van der Waals surface area contributed by atoms with Crippen molar-refractivity contribution in [3.8, 4) is 0 Å². The molecule has 14 atom stereocenters. The highest BCUT2D eigenvalue weighted by Gasteiger charge is 2.52. The van der Waals surface area contributed by atoms with Gasteiger partial charge in [0.1, 0.15) is 36.1 Å². The molecule has 3 aliphatic rings. The Bertz CT molecular complexity index is 846. The number of amides is 1. The highest BCUT2D eigenvalue weighted by Crippen LogP contribution is 2.32. The van der Waals surface area contributed by atoms with Gasteiger partial charge in [0.05, 0.1) is 37.5 Å². The van der Waals surface area contributed by atoms with Crippen LogP contribution in [0.3, 0.4) is 0 Å². The van der Waals surface area contributed by atoms with E-state index in [-0.39, 0.29) is 32.6 Å². The van der Waals surface area contributed by atoms with E-state index in [1.54, 1.807) is 7.05 Å². The van der Waals surface area contributed by atoms with Crippen LogP contribution >= 0.6 is 0 Å². The molecule has 2 aliphatic heterocycles. The quantitative estimate of drug-likeness (QED) is 0.0862. The lowest BCUT2D eigenvalue weighted by atomic mass is 9.83. The first-order valence-corrected chi connectivity index (χ1v) is 14.3. The lowest BCUT2D eigenvalue weighted by molar-refractivity contribution is -0.308. The summed E-state index contributed by atoms with van der Waals surface area (Å²) < 4.78 is 23.6. The van der Waals surface area contributed by atoms with E-state index in [2.05, 4.69) is 16.0 Å². The Balaban J connectivity index is 1.79. The number of hydrogen-bond acceptors (Lipinski definition) is 16. The molecule has 3 rings (SSSR count). The van der Waals surface area contributed by atoms with Crippen LogP contribution in [0, 0.1) is 0 Å². The van der Waals surface area contributed by atoms with Crippen LogP contribution in [0.4, 0.5) is 0 Å². The number of nitrogens with one attached hydrogen (secondary N) is 3. The molecule has 1 amide bonds. The lowest BCUT2D eigenvalue weighted by Gasteiger charge is -2.49. The minimum absolute atomic E-state index is 0.0314. The molecule has 0 aromatic carbocycles. The molecule has 3 unspecified atom stereocenters. The number of carbonyl (C=O) groups is 1. The minimum atomic E-state index is -1.87. The smallest absolute Gasteiger partial charge is 0.251 e. The molecule has 0 aromatic heterocycles. The minimum Gasteiger partial charge on any atom is -0.395 e. The fourth-order valence-electron chi connectivity index (χ4n) is 5.71. The van der Waals surface area contributed by atoms with Gasteiger partial charge in [-0.3, -0.25) is 4.79 Å². The summed E-state index contributed by atoms with van der Waals surface area (Å²) >= 11 is 0. The first kappa shape index (κ1) is 35.4. The summed E-state index contributed by atoms with van der Waals surface area (Å²) in [5, 5.41) is 80.7. The van der Waals surface area contributed by atoms with Crippen molar-refractivity contribution in [2.24, 2.45) is 11.5 Å². The third kappa shape index (κ3) is 8.74. The van der Waals surface area contributed by atoms with Crippen LogP contribution in [0.5, 0.6) is 0 Å². The second kappa shape index (κ2) is 15.7. The molecule has 14 N–H and O–H groups in total. The largest absolute Gasteiger partial charge is 0.395 e. The van der Waals surface area contributed by atoms with Crippen molar-refractivity contribution >= 4 is 5.91 Å². The van der Waals surface area contributed by atoms with Crippen LogP contribution < -0.4 is 27.4 Å². The van der Waals surface area contributed by atoms with Crippen LogP contribution in [0.1, 0.15) is 26.2 Å². The molecule has 17 heteroatoms. The maximum Gasteiger partial charge on any atom is 0.251 e. The molecule has 17 nitrogen and oxygen atoms in total. The van der Waals surface area contributed by atoms with Gasteiger partial charge in [-0.2, -0.15) is 0 Å². The summed E-state index contributed by atoms with van der Waals surface area (Å²) in [6.45, 7) is 1.50. The van der Waals surface area contributed by atoms with E-state index >= 15 is 0 Å². The third-order valence-electron chi connectivity index (χ3n) is 7.97. The average Bonchev–Trinajstić information content (AvgIpc) is 2.93. The number of carbonyl (C=O) groups excluding carboxylic acids is 1. The summed E-state index contributed by atoms with van der Waals surface area (Å²) in [5.41, 5.74) is 10.3. The second-order valence-electron chi connectivity index (χ2n) is 11.5. The molecule has 0 radical (unpaired) electrons. The predicted molar refractivity (Wildman–Crippen MR) is 144 cm³/mol. The fourth-order valence-corrected chi connectivity index (χ4v) is 5.71. The number of likely N-dealkylation sites (N-methyl/N-ethyl adjacent to an activating group) is 1. The average molecular weight is 612 g/mol. The molecule has 2 saturated heterocycles. The van der Waals surface area contributed by atoms with Crippen molar-refractivity contribution in [1.82, 2.24) is 16.0 Å². The standard InChI is InChI=1S/C25H49N5O12/c1-25(38)10-39-24(19(36)22(25)28-2)42-21-14(30-23(37)17(34)15(33)8-26)7-13(27)20(18(21)35)41-16-6-11(32)5-12(40-16)9-29-3-4-31/h11-22,24,28-29,31-36,38H,3-10,26-27H2,1-2H3,(H,30,37)/t11-,12-,13-,14+,15?,16+,17?,18-,19+,20?,21-,22+,24+,25-/m0/s1. The van der Waals surface area contributed by atoms with Crippen LogP contribution in [0.25, 0.3) is 0 Å². The Hall–Kier alpha value is -1.13. The molecular weight excluding hydrogens is 562 g/mol. The maximum atomic E-state index is 12.7. The molecule has 1 saturated carbocycles. The number of hydrogen-bond donors (Lipinski definition) is 12. The summed E-state index contributed by atoms with van der Waals surface area (Å²) in [7, 11) is 1.54. The molecule has 0 bridgehead atoms. The summed E-state index contributed by atoms with van der Waals surface area (Å²) in [6.07, 6.45) is -11.9. The molecule has 246 valence electrons. The van der Waals surface area contributed by atoms with Crippen molar-refractivity contribution < 1.29 is 59.5 Å². The van der Waals surface area contributed by atoms with Gasteiger partial charge in [0.25, 0.3) is 5.91 Å². The summed E-state index contributed by atoms with van der Waals surface area (Å²) in [4.78, 5) is 12.7. The van der Waals surface area contributed by atoms with E-state index in [1.165, 1.54) is 6.92 Å². The monoisotopic (exact) mass is 611 g/mol. The molecule has 0 aromatic rings. The van der Waals surface area contributed by atoms with Gasteiger partial charge in [-0.25, -0.2) is 0 Å². The van der Waals surface area contributed by atoms with Gasteiger partial charge in [-0.05, 0) is 20.4 Å². The summed E-state index contributed by atoms with van der Waals surface area (Å²) in [6, 6.07) is -2.80. The van der Waals surface area contributed by atoms with Gasteiger partial charge in [0.15, 0.2) is 18.7 Å². The Morgan fingerprint density at radius 3 is 2.48 bits per heavy atom. The van der Waals surface area contributed by atoms with E-state index in [4.69, 9.17) is 35.5 Å². The van der Waals surface area contributed by atoms with E-state index in [0.717, 1.165) is 0 Å². The zero-order valence-corrected chi connectivity index (χ0v) is 24.0. The van der Waals surface area contributed by atoms with Gasteiger partial charge in [0.2, 0.25) is 0 Å². The van der Waals surface area contributed by atoms with Gasteiger partial charge in [0, 0.05) is 38.5 Å². The van der Waals surface area contributed by atoms with E-state index in [0.29, 0.717) is 19.5 Å². The maximum absolute atomic E-state index is 12.7. The SMILES string of the molecule is CN[C@@H]1[C@@H](O)[C@@H](O[C@H]2[C@H](NC(=O)C(O)C(O)CN)C[C@H](N)C(O[C@@H]3C[C@@H](O)C[C@@H](CNCCO)O3)[C@@H]2O)OC[C@]1(C)O. The molecule has 1 aliphatic carbocycles. The molecule has 0 spiro atoms. The topological polar surface area (TPSA) is 284 Å². The number of ether oxygens (including phenoxy) is 4. The zero-order valence-electron chi connectivity index (χ0n) is 24.0. The van der Waals surface area contributed by atoms with Crippen molar-refractivity contribution in [2.45, 2.75) is 111 Å². The molecular formula is C25H49N5O12. The fraction of sp³-hybridized carbons (Fsp3) is 0.960. The van der Waals surface area contributed by atoms with Crippen molar-refractivity contribution in [3.05, 3.63) is 0 Å². The van der Waals surface area contributed by atoms with Gasteiger partial charge in [-0.15, -0.1) is 0 Å². The Labute approximate surface area is 244 Å². The number of aliphatic hydroxyl groups is 7. The summed E-state index contributed by atoms with van der Waals surface area (Å²) in [5.74, 6) is -0.983. The molecule has 3 fully saturated rings. The van der Waals surface area contributed by atoms with Crippen LogP contribution in [0.2, 0.25) is 0 Å². The first-order chi connectivity index (χ1) is 19.8. The predicted octanol–water partition coefficient (Wildman–Crippen LogP) is -6.48. The molecule has 2 heterocycles. The highest BCUT2D eigenvalue weighted by atomic mass is 16.7. The number of aliphatic hydroxyl groups excluding tert-OH is 6. The Morgan fingerprint density at radius 2 is 1.83 bits per heavy atom. The van der Waals surface area contributed by atoms with E-state index in [1.807, 2.05) is 0 Å². The van der Waals surface area contributed by atoms with E-state index < -0.39 is 91.0 Å². The third-order valence-corrected chi connectivity index (χ3v) is 7.97.